The summed E-state index contributed by atoms with van der Waals surface area (Å²) in [5.41, 5.74) is 1.11. The summed E-state index contributed by atoms with van der Waals surface area (Å²) in [4.78, 5) is 0. The van der Waals surface area contributed by atoms with Crippen molar-refractivity contribution in [3.63, 3.8) is 0 Å². The highest BCUT2D eigenvalue weighted by molar-refractivity contribution is 5.91. The van der Waals surface area contributed by atoms with Crippen LogP contribution in [-0.4, -0.2) is 12.2 Å². The van der Waals surface area contributed by atoms with Gasteiger partial charge in [0.2, 0.25) is 0 Å². The van der Waals surface area contributed by atoms with E-state index in [1.54, 1.807) is 0 Å². The van der Waals surface area contributed by atoms with Crippen LogP contribution >= 0.6 is 0 Å². The molecule has 0 heterocycles. The normalized spacial score (nSPS) is 11.3. The number of hydrogen-bond donors (Lipinski definition) is 0. The van der Waals surface area contributed by atoms with Gasteiger partial charge in [-0.3, -0.25) is 0 Å². The summed E-state index contributed by atoms with van der Waals surface area (Å²) in [6.45, 7) is 10.2. The lowest BCUT2D eigenvalue weighted by Gasteiger charge is -2.21. The summed E-state index contributed by atoms with van der Waals surface area (Å²) in [5, 5.41) is 2.30. The van der Waals surface area contributed by atoms with Crippen LogP contribution in [0.2, 0.25) is 0 Å². The molecule has 0 aliphatic carbocycles. The van der Waals surface area contributed by atoms with Gasteiger partial charge in [-0.15, -0.1) is 0 Å². The zero-order chi connectivity index (χ0) is 14.0. The van der Waals surface area contributed by atoms with Crippen molar-refractivity contribution < 1.29 is 9.47 Å². The molecule has 2 nitrogen and oxygen atoms in total. The number of hydrogen-bond acceptors (Lipinski definition) is 2. The lowest BCUT2D eigenvalue weighted by molar-refractivity contribution is 0.200. The molecule has 0 aliphatic rings. The van der Waals surface area contributed by atoms with Gasteiger partial charge >= 0.3 is 0 Å². The van der Waals surface area contributed by atoms with Crippen LogP contribution in [-0.2, 0) is 0 Å². The van der Waals surface area contributed by atoms with Crippen LogP contribution in [0.25, 0.3) is 10.8 Å². The van der Waals surface area contributed by atoms with Crippen molar-refractivity contribution in [3.8, 4) is 11.5 Å². The Morgan fingerprint density at radius 2 is 1.42 bits per heavy atom. The third-order valence-corrected chi connectivity index (χ3v) is 2.85. The molecule has 2 rings (SSSR count). The molecule has 0 amide bonds. The highest BCUT2D eigenvalue weighted by Crippen LogP contribution is 2.39. The third kappa shape index (κ3) is 3.01. The quantitative estimate of drug-likeness (QED) is 0.789. The minimum atomic E-state index is 0.125. The largest absolute Gasteiger partial charge is 0.487 e. The van der Waals surface area contributed by atoms with E-state index < -0.39 is 0 Å². The van der Waals surface area contributed by atoms with E-state index in [0.29, 0.717) is 0 Å². The van der Waals surface area contributed by atoms with Crippen molar-refractivity contribution in [1.82, 2.24) is 0 Å². The van der Waals surface area contributed by atoms with E-state index in [0.717, 1.165) is 22.4 Å². The van der Waals surface area contributed by atoms with Gasteiger partial charge in [0.15, 0.2) is 11.5 Å². The minimum Gasteiger partial charge on any atom is -0.487 e. The van der Waals surface area contributed by atoms with Gasteiger partial charge in [0.25, 0.3) is 0 Å². The van der Waals surface area contributed by atoms with E-state index in [1.807, 2.05) is 39.8 Å². The van der Waals surface area contributed by atoms with Gasteiger partial charge < -0.3 is 9.47 Å². The van der Waals surface area contributed by atoms with Crippen LogP contribution in [0.3, 0.4) is 0 Å². The first-order valence-corrected chi connectivity index (χ1v) is 6.84. The van der Waals surface area contributed by atoms with Crippen LogP contribution in [0.4, 0.5) is 0 Å². The molecule has 0 atom stereocenters. The van der Waals surface area contributed by atoms with Crippen LogP contribution in [0, 0.1) is 6.92 Å². The molecular weight excluding hydrogens is 236 g/mol. The lowest BCUT2D eigenvalue weighted by atomic mass is 10.0. The highest BCUT2D eigenvalue weighted by atomic mass is 16.5. The summed E-state index contributed by atoms with van der Waals surface area (Å²) in [6, 6.07) is 10.4. The minimum absolute atomic E-state index is 0.125. The van der Waals surface area contributed by atoms with E-state index in [2.05, 4.69) is 25.1 Å². The summed E-state index contributed by atoms with van der Waals surface area (Å²) in [6.07, 6.45) is 0.258. The number of ether oxygens (including phenoxy) is 2. The fraction of sp³-hybridized carbons (Fsp3) is 0.412. The van der Waals surface area contributed by atoms with Crippen LogP contribution in [0.5, 0.6) is 11.5 Å². The third-order valence-electron chi connectivity index (χ3n) is 2.85. The van der Waals surface area contributed by atoms with Crippen LogP contribution in [0.15, 0.2) is 30.3 Å². The van der Waals surface area contributed by atoms with Gasteiger partial charge in [-0.2, -0.15) is 0 Å². The zero-order valence-corrected chi connectivity index (χ0v) is 12.4. The number of rotatable bonds is 4. The standard InChI is InChI=1S/C17H22O2/c1-11(2)18-16-13(5)10-14-8-6-7-9-15(14)17(16)19-12(3)4/h6-12H,1-5H3. The van der Waals surface area contributed by atoms with E-state index in [-0.39, 0.29) is 12.2 Å². The molecule has 0 radical (unpaired) electrons. The van der Waals surface area contributed by atoms with Crippen molar-refractivity contribution in [3.05, 3.63) is 35.9 Å². The molecule has 2 aromatic rings. The predicted octanol–water partition coefficient (Wildman–Crippen LogP) is 4.72. The fourth-order valence-electron chi connectivity index (χ4n) is 2.16. The molecule has 0 aliphatic heterocycles. The maximum Gasteiger partial charge on any atom is 0.169 e. The first-order valence-electron chi connectivity index (χ1n) is 6.84. The Bertz CT molecular complexity index is 571. The molecule has 0 unspecified atom stereocenters. The second kappa shape index (κ2) is 5.52. The Labute approximate surface area is 115 Å². The van der Waals surface area contributed by atoms with Gasteiger partial charge in [-0.05, 0) is 51.6 Å². The maximum absolute atomic E-state index is 6.02. The molecular formula is C17H22O2. The van der Waals surface area contributed by atoms with E-state index in [4.69, 9.17) is 9.47 Å². The molecule has 2 aromatic carbocycles. The monoisotopic (exact) mass is 258 g/mol. The average Bonchev–Trinajstić information content (AvgIpc) is 2.32. The van der Waals surface area contributed by atoms with Gasteiger partial charge in [-0.1, -0.05) is 24.3 Å². The predicted molar refractivity (Wildman–Crippen MR) is 80.2 cm³/mol. The summed E-state index contributed by atoms with van der Waals surface area (Å²) >= 11 is 0. The zero-order valence-electron chi connectivity index (χ0n) is 12.4. The number of benzene rings is 2. The molecule has 0 aromatic heterocycles. The van der Waals surface area contributed by atoms with Crippen LogP contribution in [0.1, 0.15) is 33.3 Å². The number of aryl methyl sites for hydroxylation is 1. The molecule has 0 N–H and O–H groups in total. The Balaban J connectivity index is 2.66. The second-order valence-electron chi connectivity index (χ2n) is 5.41. The SMILES string of the molecule is Cc1cc2ccccc2c(OC(C)C)c1OC(C)C. The molecule has 0 spiro atoms. The first kappa shape index (κ1) is 13.7. The van der Waals surface area contributed by atoms with E-state index in [1.165, 1.54) is 5.39 Å². The average molecular weight is 258 g/mol. The van der Waals surface area contributed by atoms with Gasteiger partial charge in [-0.25, -0.2) is 0 Å². The molecule has 19 heavy (non-hydrogen) atoms. The smallest absolute Gasteiger partial charge is 0.169 e. The number of fused-ring (bicyclic) bond motifs is 1. The van der Waals surface area contributed by atoms with Crippen molar-refractivity contribution in [1.29, 1.82) is 0 Å². The Kier molecular flexibility index (Phi) is 3.98. The molecule has 0 saturated heterocycles. The van der Waals surface area contributed by atoms with Gasteiger partial charge in [0.1, 0.15) is 0 Å². The van der Waals surface area contributed by atoms with Crippen molar-refractivity contribution in [2.45, 2.75) is 46.8 Å². The van der Waals surface area contributed by atoms with Crippen molar-refractivity contribution in [2.75, 3.05) is 0 Å². The molecule has 0 fully saturated rings. The second-order valence-corrected chi connectivity index (χ2v) is 5.41. The lowest BCUT2D eigenvalue weighted by Crippen LogP contribution is -2.12. The van der Waals surface area contributed by atoms with E-state index in [9.17, 15) is 0 Å². The summed E-state index contributed by atoms with van der Waals surface area (Å²) in [5.74, 6) is 1.72. The summed E-state index contributed by atoms with van der Waals surface area (Å²) in [7, 11) is 0. The van der Waals surface area contributed by atoms with Gasteiger partial charge in [0, 0.05) is 5.39 Å². The molecule has 0 saturated carbocycles. The molecule has 102 valence electrons. The molecule has 0 bridgehead atoms. The summed E-state index contributed by atoms with van der Waals surface area (Å²) < 4.78 is 12.0. The maximum atomic E-state index is 6.02. The Morgan fingerprint density at radius 1 is 0.842 bits per heavy atom. The van der Waals surface area contributed by atoms with Crippen LogP contribution < -0.4 is 9.47 Å². The van der Waals surface area contributed by atoms with Gasteiger partial charge in [0.05, 0.1) is 12.2 Å². The first-order chi connectivity index (χ1) is 8.99. The van der Waals surface area contributed by atoms with Crippen molar-refractivity contribution >= 4 is 10.8 Å². The van der Waals surface area contributed by atoms with E-state index >= 15 is 0 Å². The van der Waals surface area contributed by atoms with Crippen molar-refractivity contribution in [2.24, 2.45) is 0 Å². The Hall–Kier alpha value is -1.70. The Morgan fingerprint density at radius 3 is 2.05 bits per heavy atom. The highest BCUT2D eigenvalue weighted by Gasteiger charge is 2.16. The fourth-order valence-corrected chi connectivity index (χ4v) is 2.16. The molecule has 2 heteroatoms. The topological polar surface area (TPSA) is 18.5 Å².